The molecule has 0 unspecified atom stereocenters. The molecule has 0 saturated heterocycles. The topological polar surface area (TPSA) is 81.8 Å². The molecule has 0 amide bonds. The van der Waals surface area contributed by atoms with Gasteiger partial charge in [-0.05, 0) is 0 Å². The molecular formula is C4H4N4O. The van der Waals surface area contributed by atoms with Crippen molar-refractivity contribution < 1.29 is 4.79 Å². The number of anilines is 1. The van der Waals surface area contributed by atoms with Crippen LogP contribution in [0.5, 0.6) is 0 Å². The summed E-state index contributed by atoms with van der Waals surface area (Å²) >= 11 is 0. The first kappa shape index (κ1) is 5.61. The summed E-state index contributed by atoms with van der Waals surface area (Å²) in [6, 6.07) is 0. The number of nitrogens with zero attached hydrogens (tertiary/aromatic N) is 3. The molecule has 0 aliphatic heterocycles. The van der Waals surface area contributed by atoms with Crippen LogP contribution in [0.25, 0.3) is 0 Å². The van der Waals surface area contributed by atoms with E-state index in [2.05, 4.69) is 15.2 Å². The minimum Gasteiger partial charge on any atom is -0.382 e. The predicted octanol–water partition coefficient (Wildman–Crippen LogP) is -0.734. The van der Waals surface area contributed by atoms with Crippen molar-refractivity contribution in [2.24, 2.45) is 0 Å². The zero-order valence-corrected chi connectivity index (χ0v) is 4.48. The molecule has 0 saturated carbocycles. The molecule has 2 N–H and O–H groups in total. The van der Waals surface area contributed by atoms with Crippen LogP contribution in [0, 0.1) is 0 Å². The van der Waals surface area contributed by atoms with Crippen molar-refractivity contribution in [3.05, 3.63) is 12.0 Å². The van der Waals surface area contributed by atoms with Gasteiger partial charge in [0.15, 0.2) is 17.8 Å². The van der Waals surface area contributed by atoms with Gasteiger partial charge in [0.2, 0.25) is 0 Å². The van der Waals surface area contributed by atoms with Gasteiger partial charge in [0, 0.05) is 0 Å². The molecule has 1 aromatic heterocycles. The third-order valence-corrected chi connectivity index (χ3v) is 0.788. The van der Waals surface area contributed by atoms with Crippen LogP contribution >= 0.6 is 0 Å². The minimum atomic E-state index is 0.0810. The van der Waals surface area contributed by atoms with E-state index in [0.29, 0.717) is 6.29 Å². The van der Waals surface area contributed by atoms with Crippen LogP contribution in [0.4, 0.5) is 5.82 Å². The highest BCUT2D eigenvalue weighted by molar-refractivity contribution is 5.77. The molecule has 1 aromatic rings. The standard InChI is InChI=1S/C4H4N4O/c5-4-3(1-9)8-7-2-6-4/h1-2H,(H2,5,6,7). The summed E-state index contributed by atoms with van der Waals surface area (Å²) in [6.45, 7) is 0. The lowest BCUT2D eigenvalue weighted by atomic mass is 10.5. The molecule has 5 nitrogen and oxygen atoms in total. The maximum absolute atomic E-state index is 10.0. The van der Waals surface area contributed by atoms with Crippen molar-refractivity contribution in [3.8, 4) is 0 Å². The SMILES string of the molecule is Nc1ncnnc1C=O. The Hall–Kier alpha value is -1.52. The Morgan fingerprint density at radius 1 is 1.67 bits per heavy atom. The van der Waals surface area contributed by atoms with Crippen LogP contribution in [0.1, 0.15) is 10.5 Å². The summed E-state index contributed by atoms with van der Waals surface area (Å²) < 4.78 is 0. The lowest BCUT2D eigenvalue weighted by Crippen LogP contribution is -2.00. The summed E-state index contributed by atoms with van der Waals surface area (Å²) in [5.41, 5.74) is 5.27. The highest BCUT2D eigenvalue weighted by Crippen LogP contribution is 1.94. The molecule has 0 aliphatic carbocycles. The largest absolute Gasteiger partial charge is 0.382 e. The van der Waals surface area contributed by atoms with Crippen molar-refractivity contribution in [1.82, 2.24) is 15.2 Å². The number of aldehydes is 1. The molecule has 0 radical (unpaired) electrons. The van der Waals surface area contributed by atoms with Crippen molar-refractivity contribution in [3.63, 3.8) is 0 Å². The molecule has 0 bridgehead atoms. The van der Waals surface area contributed by atoms with Crippen LogP contribution in [0.2, 0.25) is 0 Å². The molecule has 1 rings (SSSR count). The highest BCUT2D eigenvalue weighted by atomic mass is 16.1. The van der Waals surface area contributed by atoms with Gasteiger partial charge in [0.1, 0.15) is 6.33 Å². The van der Waals surface area contributed by atoms with Gasteiger partial charge >= 0.3 is 0 Å². The Kier molecular flexibility index (Phi) is 1.35. The second-order valence-electron chi connectivity index (χ2n) is 1.35. The van der Waals surface area contributed by atoms with Crippen LogP contribution in [0.15, 0.2) is 6.33 Å². The molecule has 0 aromatic carbocycles. The third-order valence-electron chi connectivity index (χ3n) is 0.788. The van der Waals surface area contributed by atoms with E-state index in [0.717, 1.165) is 0 Å². The second kappa shape index (κ2) is 2.17. The van der Waals surface area contributed by atoms with E-state index in [9.17, 15) is 4.79 Å². The molecule has 0 atom stereocenters. The zero-order valence-electron chi connectivity index (χ0n) is 4.48. The Morgan fingerprint density at radius 2 is 2.44 bits per heavy atom. The molecule has 9 heavy (non-hydrogen) atoms. The number of carbonyl (C=O) groups excluding carboxylic acids is 1. The maximum atomic E-state index is 10.0. The summed E-state index contributed by atoms with van der Waals surface area (Å²) in [5, 5.41) is 6.74. The monoisotopic (exact) mass is 124 g/mol. The number of nitrogens with two attached hydrogens (primary N) is 1. The van der Waals surface area contributed by atoms with Gasteiger partial charge < -0.3 is 5.73 Å². The Morgan fingerprint density at radius 3 is 2.89 bits per heavy atom. The molecule has 0 spiro atoms. The summed E-state index contributed by atoms with van der Waals surface area (Å²) in [6.07, 6.45) is 1.69. The highest BCUT2D eigenvalue weighted by Gasteiger charge is 1.96. The first-order chi connectivity index (χ1) is 4.34. The van der Waals surface area contributed by atoms with E-state index in [1.807, 2.05) is 0 Å². The first-order valence-electron chi connectivity index (χ1n) is 2.23. The van der Waals surface area contributed by atoms with Gasteiger partial charge in [-0.25, -0.2) is 4.98 Å². The lowest BCUT2D eigenvalue weighted by Gasteiger charge is -1.89. The van der Waals surface area contributed by atoms with Crippen LogP contribution in [-0.2, 0) is 0 Å². The molecule has 5 heteroatoms. The molecule has 46 valence electrons. The second-order valence-corrected chi connectivity index (χ2v) is 1.35. The Labute approximate surface area is 50.9 Å². The third kappa shape index (κ3) is 0.987. The number of hydrogen-bond donors (Lipinski definition) is 1. The van der Waals surface area contributed by atoms with Gasteiger partial charge in [0.05, 0.1) is 0 Å². The average molecular weight is 124 g/mol. The number of aromatic nitrogens is 3. The van der Waals surface area contributed by atoms with E-state index in [1.54, 1.807) is 0 Å². The smallest absolute Gasteiger partial charge is 0.174 e. The Bertz CT molecular complexity index is 224. The molecule has 0 aliphatic rings. The van der Waals surface area contributed by atoms with Crippen molar-refractivity contribution in [2.75, 3.05) is 5.73 Å². The van der Waals surface area contributed by atoms with E-state index in [1.165, 1.54) is 6.33 Å². The molecule has 1 heterocycles. The number of carbonyl (C=O) groups is 1. The van der Waals surface area contributed by atoms with Gasteiger partial charge in [-0.15, -0.1) is 10.2 Å². The summed E-state index contributed by atoms with van der Waals surface area (Å²) in [4.78, 5) is 13.5. The van der Waals surface area contributed by atoms with Crippen molar-refractivity contribution in [2.45, 2.75) is 0 Å². The normalized spacial score (nSPS) is 8.89. The fourth-order valence-electron chi connectivity index (χ4n) is 0.377. The molecular weight excluding hydrogens is 120 g/mol. The molecule has 0 fully saturated rings. The van der Waals surface area contributed by atoms with E-state index in [-0.39, 0.29) is 11.5 Å². The van der Waals surface area contributed by atoms with Gasteiger partial charge in [-0.1, -0.05) is 0 Å². The fraction of sp³-hybridized carbons (Fsp3) is 0. The maximum Gasteiger partial charge on any atom is 0.174 e. The number of nitrogen functional groups attached to an aromatic ring is 1. The van der Waals surface area contributed by atoms with Gasteiger partial charge in [-0.2, -0.15) is 0 Å². The minimum absolute atomic E-state index is 0.0810. The quantitative estimate of drug-likeness (QED) is 0.499. The predicted molar refractivity (Wildman–Crippen MR) is 29.6 cm³/mol. The average Bonchev–Trinajstić information content (AvgIpc) is 1.89. The Balaban J connectivity index is 3.15. The van der Waals surface area contributed by atoms with Crippen molar-refractivity contribution in [1.29, 1.82) is 0 Å². The van der Waals surface area contributed by atoms with Crippen LogP contribution < -0.4 is 5.73 Å². The summed E-state index contributed by atoms with van der Waals surface area (Å²) in [7, 11) is 0. The lowest BCUT2D eigenvalue weighted by molar-refractivity contribution is 0.111. The first-order valence-corrected chi connectivity index (χ1v) is 2.23. The van der Waals surface area contributed by atoms with Crippen LogP contribution in [-0.4, -0.2) is 21.5 Å². The summed E-state index contributed by atoms with van der Waals surface area (Å²) in [5.74, 6) is 0.111. The van der Waals surface area contributed by atoms with E-state index >= 15 is 0 Å². The zero-order chi connectivity index (χ0) is 6.69. The van der Waals surface area contributed by atoms with Crippen molar-refractivity contribution >= 4 is 12.1 Å². The van der Waals surface area contributed by atoms with E-state index < -0.39 is 0 Å². The van der Waals surface area contributed by atoms with Gasteiger partial charge in [-0.3, -0.25) is 4.79 Å². The van der Waals surface area contributed by atoms with Crippen LogP contribution in [0.3, 0.4) is 0 Å². The van der Waals surface area contributed by atoms with Gasteiger partial charge in [0.25, 0.3) is 0 Å². The fourth-order valence-corrected chi connectivity index (χ4v) is 0.377. The number of hydrogen-bond acceptors (Lipinski definition) is 5. The number of rotatable bonds is 1. The van der Waals surface area contributed by atoms with E-state index in [4.69, 9.17) is 5.73 Å².